The van der Waals surface area contributed by atoms with Crippen LogP contribution in [0.2, 0.25) is 0 Å². The van der Waals surface area contributed by atoms with Crippen LogP contribution in [0.5, 0.6) is 0 Å². The van der Waals surface area contributed by atoms with Crippen LogP contribution in [0.4, 0.5) is 0 Å². The van der Waals surface area contributed by atoms with Gasteiger partial charge in [-0.3, -0.25) is 5.12 Å². The third-order valence-corrected chi connectivity index (χ3v) is 2.80. The maximum absolute atomic E-state index is 4.53. The Bertz CT molecular complexity index is 427. The predicted octanol–water partition coefficient (Wildman–Crippen LogP) is -0.540. The van der Waals surface area contributed by atoms with Crippen LogP contribution in [0.15, 0.2) is 11.4 Å². The third kappa shape index (κ3) is 2.65. The van der Waals surface area contributed by atoms with Crippen molar-refractivity contribution in [1.29, 1.82) is 0 Å². The zero-order chi connectivity index (χ0) is 13.4. The fraction of sp³-hybridized carbons (Fsp3) is 0.800. The number of hydrogen-bond donors (Lipinski definition) is 2. The van der Waals surface area contributed by atoms with Gasteiger partial charge in [-0.25, -0.2) is 4.68 Å². The molecular weight excluding hydrogens is 232 g/mol. The maximum Gasteiger partial charge on any atom is 0.149 e. The van der Waals surface area contributed by atoms with Gasteiger partial charge in [0.05, 0.1) is 0 Å². The number of amidine groups is 1. The van der Waals surface area contributed by atoms with E-state index in [1.54, 1.807) is 11.0 Å². The summed E-state index contributed by atoms with van der Waals surface area (Å²) in [6, 6.07) is 0. The van der Waals surface area contributed by atoms with Crippen LogP contribution >= 0.6 is 0 Å². The average Bonchev–Trinajstić information content (AvgIpc) is 2.83. The third-order valence-electron chi connectivity index (χ3n) is 2.80. The van der Waals surface area contributed by atoms with Crippen LogP contribution in [0, 0.1) is 5.41 Å². The standard InChI is InChI=1S/C10H20N8/c1-9(2,3)8-12-15-18(13-8)6-10(4,5)17-7-11-14-16-17/h7,18H,6H2,1-5H3,(H,12,13). The molecule has 1 atom stereocenters. The lowest BCUT2D eigenvalue weighted by molar-refractivity contribution is -0.872. The van der Waals surface area contributed by atoms with Gasteiger partial charge in [-0.1, -0.05) is 25.9 Å². The first-order valence-electron chi connectivity index (χ1n) is 5.94. The van der Waals surface area contributed by atoms with E-state index in [0.717, 1.165) is 11.0 Å². The monoisotopic (exact) mass is 252 g/mol. The molecular formula is C10H20N8. The lowest BCUT2D eigenvalue weighted by Gasteiger charge is -2.28. The fourth-order valence-corrected chi connectivity index (χ4v) is 1.62. The largest absolute Gasteiger partial charge is 0.421 e. The number of tetrazole rings is 1. The van der Waals surface area contributed by atoms with E-state index in [1.807, 2.05) is 0 Å². The molecule has 0 radical (unpaired) electrons. The second-order valence-corrected chi connectivity index (χ2v) is 6.09. The van der Waals surface area contributed by atoms with Crippen molar-refractivity contribution in [2.45, 2.75) is 40.2 Å². The van der Waals surface area contributed by atoms with Gasteiger partial charge in [0.1, 0.15) is 24.2 Å². The van der Waals surface area contributed by atoms with Gasteiger partial charge in [-0.2, -0.15) is 0 Å². The van der Waals surface area contributed by atoms with E-state index in [2.05, 4.69) is 66.2 Å². The van der Waals surface area contributed by atoms with Crippen LogP contribution in [-0.4, -0.2) is 32.6 Å². The fourth-order valence-electron chi connectivity index (χ4n) is 1.62. The topological polar surface area (TPSA) is 86.5 Å². The summed E-state index contributed by atoms with van der Waals surface area (Å²) in [6.45, 7) is 11.1. The second-order valence-electron chi connectivity index (χ2n) is 6.09. The average molecular weight is 252 g/mol. The van der Waals surface area contributed by atoms with Gasteiger partial charge in [-0.05, 0) is 24.3 Å². The van der Waals surface area contributed by atoms with Crippen molar-refractivity contribution in [2.24, 2.45) is 10.5 Å². The van der Waals surface area contributed by atoms with Crippen LogP contribution in [-0.2, 0) is 5.54 Å². The number of rotatable bonds is 3. The molecule has 1 aliphatic rings. The Kier molecular flexibility index (Phi) is 3.07. The first-order chi connectivity index (χ1) is 8.29. The first kappa shape index (κ1) is 12.9. The number of quaternary nitrogens is 1. The summed E-state index contributed by atoms with van der Waals surface area (Å²) < 4.78 is 1.72. The zero-order valence-corrected chi connectivity index (χ0v) is 11.5. The summed E-state index contributed by atoms with van der Waals surface area (Å²) in [5.74, 6) is 0.894. The van der Waals surface area contributed by atoms with Gasteiger partial charge in [0.2, 0.25) is 0 Å². The highest BCUT2D eigenvalue weighted by Gasteiger charge is 2.30. The predicted molar refractivity (Wildman–Crippen MR) is 66.4 cm³/mol. The molecule has 1 aromatic heterocycles. The van der Waals surface area contributed by atoms with Crippen LogP contribution in [0.1, 0.15) is 34.6 Å². The van der Waals surface area contributed by atoms with Gasteiger partial charge >= 0.3 is 0 Å². The minimum atomic E-state index is -0.249. The molecule has 1 aromatic rings. The van der Waals surface area contributed by atoms with Crippen molar-refractivity contribution in [3.05, 3.63) is 11.9 Å². The molecule has 0 saturated heterocycles. The summed E-state index contributed by atoms with van der Waals surface area (Å²) in [5, 5.41) is 16.6. The highest BCUT2D eigenvalue weighted by atomic mass is 15.9. The van der Waals surface area contributed by atoms with Gasteiger partial charge in [-0.15, -0.1) is 5.10 Å². The van der Waals surface area contributed by atoms with E-state index in [4.69, 9.17) is 0 Å². The maximum atomic E-state index is 4.53. The molecule has 8 nitrogen and oxygen atoms in total. The summed E-state index contributed by atoms with van der Waals surface area (Å²) in [5.41, 5.74) is 6.98. The molecule has 0 aromatic carbocycles. The summed E-state index contributed by atoms with van der Waals surface area (Å²) in [7, 11) is 0. The molecule has 1 unspecified atom stereocenters. The highest BCUT2D eigenvalue weighted by Crippen LogP contribution is 2.16. The SMILES string of the molecule is CC(C)(C)C1=N[NH+](CC(C)(C)n2cnnn2)[N-]N1. The molecule has 2 rings (SSSR count). The molecule has 0 aliphatic carbocycles. The number of hydrogen-bond acceptors (Lipinski definition) is 5. The van der Waals surface area contributed by atoms with Crippen molar-refractivity contribution in [3.8, 4) is 0 Å². The smallest absolute Gasteiger partial charge is 0.149 e. The van der Waals surface area contributed by atoms with Gasteiger partial charge in [0.25, 0.3) is 0 Å². The highest BCUT2D eigenvalue weighted by molar-refractivity contribution is 5.87. The first-order valence-corrected chi connectivity index (χ1v) is 5.94. The molecule has 0 amide bonds. The number of nitrogens with zero attached hydrogens (tertiary/aromatic N) is 6. The van der Waals surface area contributed by atoms with Crippen molar-refractivity contribution >= 4 is 5.84 Å². The van der Waals surface area contributed by atoms with Gasteiger partial charge < -0.3 is 11.0 Å². The van der Waals surface area contributed by atoms with Crippen LogP contribution in [0.25, 0.3) is 5.53 Å². The minimum absolute atomic E-state index is 0.0236. The molecule has 0 fully saturated rings. The minimum Gasteiger partial charge on any atom is -0.421 e. The number of aromatic nitrogens is 4. The van der Waals surface area contributed by atoms with Gasteiger partial charge in [0.15, 0.2) is 0 Å². The van der Waals surface area contributed by atoms with E-state index in [1.165, 1.54) is 0 Å². The van der Waals surface area contributed by atoms with Gasteiger partial charge in [0, 0.05) is 5.41 Å². The molecule has 0 bridgehead atoms. The normalized spacial score (nSPS) is 20.7. The van der Waals surface area contributed by atoms with Crippen molar-refractivity contribution in [2.75, 3.05) is 6.54 Å². The lowest BCUT2D eigenvalue weighted by Crippen LogP contribution is -3.04. The van der Waals surface area contributed by atoms with Crippen molar-refractivity contribution < 1.29 is 5.12 Å². The Hall–Kier alpha value is -1.54. The van der Waals surface area contributed by atoms with E-state index in [-0.39, 0.29) is 11.0 Å². The Morgan fingerprint density at radius 2 is 2.06 bits per heavy atom. The summed E-state index contributed by atoms with van der Waals surface area (Å²) >= 11 is 0. The Balaban J connectivity index is 2.06. The molecule has 0 spiro atoms. The summed E-state index contributed by atoms with van der Waals surface area (Å²) in [4.78, 5) is 0. The van der Waals surface area contributed by atoms with E-state index in [9.17, 15) is 0 Å². The molecule has 1 aliphatic heterocycles. The Morgan fingerprint density at radius 1 is 1.33 bits per heavy atom. The van der Waals surface area contributed by atoms with Crippen molar-refractivity contribution in [3.63, 3.8) is 0 Å². The Morgan fingerprint density at radius 3 is 2.56 bits per heavy atom. The van der Waals surface area contributed by atoms with Crippen LogP contribution < -0.4 is 10.5 Å². The van der Waals surface area contributed by atoms with E-state index < -0.39 is 0 Å². The van der Waals surface area contributed by atoms with E-state index in [0.29, 0.717) is 6.54 Å². The Labute approximate surface area is 106 Å². The lowest BCUT2D eigenvalue weighted by atomic mass is 9.95. The molecule has 8 heteroatoms. The summed E-state index contributed by atoms with van der Waals surface area (Å²) in [6.07, 6.45) is 1.61. The molecule has 0 saturated carbocycles. The van der Waals surface area contributed by atoms with Crippen molar-refractivity contribution in [1.82, 2.24) is 25.6 Å². The molecule has 2 N–H and O–H groups in total. The molecule has 2 heterocycles. The second kappa shape index (κ2) is 4.29. The zero-order valence-electron chi connectivity index (χ0n) is 11.5. The number of nitrogens with one attached hydrogen (secondary N) is 2. The molecule has 100 valence electrons. The quantitative estimate of drug-likeness (QED) is 0.756. The van der Waals surface area contributed by atoms with E-state index >= 15 is 0 Å². The molecule has 18 heavy (non-hydrogen) atoms. The van der Waals surface area contributed by atoms with Crippen LogP contribution in [0.3, 0.4) is 0 Å².